The molecule has 20 heavy (non-hydrogen) atoms. The van der Waals surface area contributed by atoms with Crippen LogP contribution in [0.25, 0.3) is 0 Å². The summed E-state index contributed by atoms with van der Waals surface area (Å²) < 4.78 is 5.65. The van der Waals surface area contributed by atoms with Crippen molar-refractivity contribution >= 4 is 11.8 Å². The summed E-state index contributed by atoms with van der Waals surface area (Å²) in [6.45, 7) is 7.52. The Morgan fingerprint density at radius 2 is 2.05 bits per heavy atom. The van der Waals surface area contributed by atoms with Gasteiger partial charge in [0.1, 0.15) is 11.3 Å². The average molecular weight is 278 g/mol. The maximum atomic E-state index is 12.3. The summed E-state index contributed by atoms with van der Waals surface area (Å²) in [4.78, 5) is 23.6. The van der Waals surface area contributed by atoms with Crippen LogP contribution in [0, 0.1) is 5.92 Å². The summed E-state index contributed by atoms with van der Waals surface area (Å²) in [5.74, 6) is -1.20. The van der Waals surface area contributed by atoms with E-state index in [9.17, 15) is 14.7 Å². The van der Waals surface area contributed by atoms with Crippen molar-refractivity contribution in [3.8, 4) is 0 Å². The fourth-order valence-corrected chi connectivity index (χ4v) is 2.02. The second kappa shape index (κ2) is 6.55. The van der Waals surface area contributed by atoms with Crippen LogP contribution in [0.1, 0.15) is 40.5 Å². The molecule has 1 aliphatic rings. The second-order valence-corrected chi connectivity index (χ2v) is 5.44. The summed E-state index contributed by atoms with van der Waals surface area (Å²) >= 11 is 0. The quantitative estimate of drug-likeness (QED) is 0.598. The highest BCUT2D eigenvalue weighted by Gasteiger charge is 2.46. The monoisotopic (exact) mass is 278 g/mol. The zero-order valence-electron chi connectivity index (χ0n) is 12.5. The Kier molecular flexibility index (Phi) is 5.31. The van der Waals surface area contributed by atoms with E-state index in [0.29, 0.717) is 6.42 Å². The molecule has 1 atom stereocenters. The molecule has 0 fully saturated rings. The molecule has 0 spiro atoms. The topological polar surface area (TPSA) is 63.6 Å². The van der Waals surface area contributed by atoms with Crippen LogP contribution in [-0.4, -0.2) is 22.5 Å². The molecule has 1 rings (SSSR count). The molecular weight excluding hydrogens is 256 g/mol. The van der Waals surface area contributed by atoms with Crippen molar-refractivity contribution < 1.29 is 19.4 Å². The number of allylic oxidation sites excluding steroid dienone is 4. The average Bonchev–Trinajstić information content (AvgIpc) is 2.56. The maximum absolute atomic E-state index is 12.3. The third-order valence-electron chi connectivity index (χ3n) is 3.00. The predicted octanol–water partition coefficient (Wildman–Crippen LogP) is 3.25. The van der Waals surface area contributed by atoms with Crippen molar-refractivity contribution in [3.05, 3.63) is 35.6 Å². The molecule has 0 amide bonds. The SMILES string of the molecule is CC/C=C/C=C/[C@@]1(C)OC(CC(C)C)=C(C(=O)O)C1=O. The number of rotatable bonds is 6. The van der Waals surface area contributed by atoms with E-state index in [0.717, 1.165) is 6.42 Å². The summed E-state index contributed by atoms with van der Waals surface area (Å²) in [5, 5.41) is 9.21. The smallest absolute Gasteiger partial charge is 0.342 e. The zero-order chi connectivity index (χ0) is 15.3. The fourth-order valence-electron chi connectivity index (χ4n) is 2.02. The lowest BCUT2D eigenvalue weighted by molar-refractivity contribution is -0.135. The first-order valence-electron chi connectivity index (χ1n) is 6.86. The molecule has 1 aliphatic heterocycles. The molecule has 0 aromatic rings. The number of ketones is 1. The van der Waals surface area contributed by atoms with Gasteiger partial charge < -0.3 is 9.84 Å². The summed E-state index contributed by atoms with van der Waals surface area (Å²) in [6, 6.07) is 0. The van der Waals surface area contributed by atoms with Crippen LogP contribution in [0.4, 0.5) is 0 Å². The molecule has 110 valence electrons. The summed E-state index contributed by atoms with van der Waals surface area (Å²) in [7, 11) is 0. The van der Waals surface area contributed by atoms with Crippen molar-refractivity contribution in [1.29, 1.82) is 0 Å². The van der Waals surface area contributed by atoms with Crippen LogP contribution >= 0.6 is 0 Å². The van der Waals surface area contributed by atoms with Crippen molar-refractivity contribution in [2.45, 2.75) is 46.1 Å². The first kappa shape index (κ1) is 16.2. The number of carbonyl (C=O) groups excluding carboxylic acids is 1. The fraction of sp³-hybridized carbons (Fsp3) is 0.500. The van der Waals surface area contributed by atoms with Gasteiger partial charge in [-0.15, -0.1) is 0 Å². The molecule has 0 aromatic heterocycles. The van der Waals surface area contributed by atoms with E-state index < -0.39 is 17.4 Å². The Labute approximate surface area is 119 Å². The molecule has 4 heteroatoms. The van der Waals surface area contributed by atoms with Crippen LogP contribution < -0.4 is 0 Å². The van der Waals surface area contributed by atoms with E-state index in [4.69, 9.17) is 4.74 Å². The lowest BCUT2D eigenvalue weighted by Crippen LogP contribution is -2.32. The molecule has 0 radical (unpaired) electrons. The molecular formula is C16H22O4. The standard InChI is InChI=1S/C16H22O4/c1-5-6-7-8-9-16(4)14(17)13(15(18)19)12(20-16)10-11(2)3/h6-9,11H,5,10H2,1-4H3,(H,18,19)/b7-6+,9-8+/t16-/m1/s1. The molecule has 0 aliphatic carbocycles. The molecule has 0 saturated carbocycles. The predicted molar refractivity (Wildman–Crippen MR) is 77.2 cm³/mol. The van der Waals surface area contributed by atoms with Gasteiger partial charge in [-0.3, -0.25) is 4.79 Å². The van der Waals surface area contributed by atoms with E-state index in [1.54, 1.807) is 19.1 Å². The number of hydrogen-bond acceptors (Lipinski definition) is 3. The van der Waals surface area contributed by atoms with E-state index in [-0.39, 0.29) is 17.3 Å². The Bertz CT molecular complexity index is 483. The minimum Gasteiger partial charge on any atom is -0.479 e. The lowest BCUT2D eigenvalue weighted by atomic mass is 9.95. The van der Waals surface area contributed by atoms with Crippen molar-refractivity contribution in [2.75, 3.05) is 0 Å². The minimum absolute atomic E-state index is 0.217. The van der Waals surface area contributed by atoms with E-state index >= 15 is 0 Å². The molecule has 4 nitrogen and oxygen atoms in total. The highest BCUT2D eigenvalue weighted by molar-refractivity contribution is 6.22. The van der Waals surface area contributed by atoms with E-state index in [1.807, 2.05) is 32.9 Å². The Morgan fingerprint density at radius 3 is 2.55 bits per heavy atom. The van der Waals surface area contributed by atoms with E-state index in [1.165, 1.54) is 0 Å². The third-order valence-corrected chi connectivity index (χ3v) is 3.00. The highest BCUT2D eigenvalue weighted by atomic mass is 16.5. The number of aliphatic carboxylic acids is 1. The maximum Gasteiger partial charge on any atom is 0.342 e. The number of ether oxygens (including phenoxy) is 1. The Morgan fingerprint density at radius 1 is 1.40 bits per heavy atom. The number of hydrogen-bond donors (Lipinski definition) is 1. The number of carboxylic acid groups (broad SMARTS) is 1. The van der Waals surface area contributed by atoms with E-state index in [2.05, 4.69) is 0 Å². The number of carboxylic acids is 1. The van der Waals surface area contributed by atoms with Gasteiger partial charge in [-0.25, -0.2) is 4.79 Å². The van der Waals surface area contributed by atoms with Gasteiger partial charge >= 0.3 is 5.97 Å². The van der Waals surface area contributed by atoms with Crippen LogP contribution in [-0.2, 0) is 14.3 Å². The van der Waals surface area contributed by atoms with Crippen LogP contribution in [0.3, 0.4) is 0 Å². The molecule has 0 saturated heterocycles. The van der Waals surface area contributed by atoms with Gasteiger partial charge in [-0.2, -0.15) is 0 Å². The molecule has 1 N–H and O–H groups in total. The summed E-state index contributed by atoms with van der Waals surface area (Å²) in [6.07, 6.45) is 8.44. The highest BCUT2D eigenvalue weighted by Crippen LogP contribution is 2.35. The largest absolute Gasteiger partial charge is 0.479 e. The van der Waals surface area contributed by atoms with Crippen LogP contribution in [0.2, 0.25) is 0 Å². The Hall–Kier alpha value is -1.84. The minimum atomic E-state index is -1.22. The van der Waals surface area contributed by atoms with Gasteiger partial charge in [-0.05, 0) is 25.3 Å². The van der Waals surface area contributed by atoms with Gasteiger partial charge in [0, 0.05) is 6.42 Å². The zero-order valence-corrected chi connectivity index (χ0v) is 12.5. The number of carbonyl (C=O) groups is 2. The Balaban J connectivity index is 3.02. The first-order valence-corrected chi connectivity index (χ1v) is 6.86. The van der Waals surface area contributed by atoms with Gasteiger partial charge in [0.25, 0.3) is 0 Å². The van der Waals surface area contributed by atoms with Gasteiger partial charge in [0.15, 0.2) is 5.60 Å². The van der Waals surface area contributed by atoms with Gasteiger partial charge in [-0.1, -0.05) is 39.0 Å². The van der Waals surface area contributed by atoms with Gasteiger partial charge in [0.05, 0.1) is 0 Å². The molecule has 0 bridgehead atoms. The van der Waals surface area contributed by atoms with Crippen LogP contribution in [0.15, 0.2) is 35.6 Å². The van der Waals surface area contributed by atoms with Crippen molar-refractivity contribution in [1.82, 2.24) is 0 Å². The van der Waals surface area contributed by atoms with Crippen molar-refractivity contribution in [2.24, 2.45) is 5.92 Å². The number of Topliss-reactive ketones (excluding diaryl/α,β-unsaturated/α-hetero) is 1. The second-order valence-electron chi connectivity index (χ2n) is 5.44. The molecule has 1 heterocycles. The molecule has 0 aromatic carbocycles. The summed E-state index contributed by atoms with van der Waals surface area (Å²) in [5.41, 5.74) is -1.43. The van der Waals surface area contributed by atoms with Gasteiger partial charge in [0.2, 0.25) is 5.78 Å². The normalized spacial score (nSPS) is 23.4. The molecule has 0 unspecified atom stereocenters. The van der Waals surface area contributed by atoms with Crippen molar-refractivity contribution in [3.63, 3.8) is 0 Å². The lowest BCUT2D eigenvalue weighted by Gasteiger charge is -2.20. The van der Waals surface area contributed by atoms with Crippen LogP contribution in [0.5, 0.6) is 0 Å². The third kappa shape index (κ3) is 3.59. The first-order chi connectivity index (χ1) is 9.31.